The highest BCUT2D eigenvalue weighted by Gasteiger charge is 2.07. The van der Waals surface area contributed by atoms with E-state index in [9.17, 15) is 4.79 Å². The van der Waals surface area contributed by atoms with Gasteiger partial charge in [0, 0.05) is 24.0 Å². The molecule has 0 saturated carbocycles. The molecule has 2 rings (SSSR count). The molecule has 0 unspecified atom stereocenters. The molecule has 0 radical (unpaired) electrons. The van der Waals surface area contributed by atoms with Gasteiger partial charge in [-0.05, 0) is 54.5 Å². The van der Waals surface area contributed by atoms with Gasteiger partial charge in [-0.15, -0.1) is 0 Å². The van der Waals surface area contributed by atoms with Crippen LogP contribution in [-0.2, 0) is 17.6 Å². The van der Waals surface area contributed by atoms with E-state index in [1.165, 1.54) is 69.4 Å². The van der Waals surface area contributed by atoms with E-state index >= 15 is 0 Å². The Bertz CT molecular complexity index is 812. The normalized spacial score (nSPS) is 11.3. The molecule has 1 aromatic carbocycles. The van der Waals surface area contributed by atoms with Crippen molar-refractivity contribution in [3.8, 4) is 11.4 Å². The number of hydrogen-bond acceptors (Lipinski definition) is 3. The fourth-order valence-electron chi connectivity index (χ4n) is 3.77. The Morgan fingerprint density at radius 2 is 1.48 bits per heavy atom. The maximum absolute atomic E-state index is 11.0. The first-order valence-corrected chi connectivity index (χ1v) is 12.0. The van der Waals surface area contributed by atoms with E-state index in [1.54, 1.807) is 6.08 Å². The van der Waals surface area contributed by atoms with Gasteiger partial charge in [-0.1, -0.05) is 77.3 Å². The lowest BCUT2D eigenvalue weighted by atomic mass is 9.97. The summed E-state index contributed by atoms with van der Waals surface area (Å²) in [6.45, 7) is 4.45. The molecule has 0 bridgehead atoms. The van der Waals surface area contributed by atoms with Crippen LogP contribution in [0, 0.1) is 0 Å². The van der Waals surface area contributed by atoms with E-state index in [-0.39, 0.29) is 0 Å². The number of rotatable bonds is 15. The minimum Gasteiger partial charge on any atom is -0.478 e. The van der Waals surface area contributed by atoms with Crippen LogP contribution in [0.15, 0.2) is 36.7 Å². The van der Waals surface area contributed by atoms with Crippen molar-refractivity contribution in [3.63, 3.8) is 0 Å². The Hall–Kier alpha value is -2.49. The van der Waals surface area contributed by atoms with Gasteiger partial charge < -0.3 is 5.11 Å². The largest absolute Gasteiger partial charge is 0.478 e. The number of hydrogen-bond donors (Lipinski definition) is 1. The second-order valence-corrected chi connectivity index (χ2v) is 8.33. The average molecular weight is 423 g/mol. The summed E-state index contributed by atoms with van der Waals surface area (Å²) in [7, 11) is 0. The van der Waals surface area contributed by atoms with Crippen molar-refractivity contribution < 1.29 is 9.90 Å². The molecule has 0 fully saturated rings. The highest BCUT2D eigenvalue weighted by Crippen LogP contribution is 2.23. The number of aromatic nitrogens is 2. The Kier molecular flexibility index (Phi) is 11.6. The highest BCUT2D eigenvalue weighted by molar-refractivity contribution is 5.85. The van der Waals surface area contributed by atoms with Gasteiger partial charge in [-0.3, -0.25) is 0 Å². The highest BCUT2D eigenvalue weighted by atomic mass is 16.4. The molecule has 1 heterocycles. The summed E-state index contributed by atoms with van der Waals surface area (Å²) in [5, 5.41) is 9.01. The van der Waals surface area contributed by atoms with Crippen molar-refractivity contribution in [1.29, 1.82) is 0 Å². The number of benzene rings is 1. The van der Waals surface area contributed by atoms with Crippen LogP contribution in [0.5, 0.6) is 0 Å². The van der Waals surface area contributed by atoms with Gasteiger partial charge in [0.05, 0.1) is 0 Å². The van der Waals surface area contributed by atoms with E-state index in [2.05, 4.69) is 29.9 Å². The van der Waals surface area contributed by atoms with Crippen LogP contribution in [-0.4, -0.2) is 21.0 Å². The fraction of sp³-hybridized carbons (Fsp3) is 0.519. The summed E-state index contributed by atoms with van der Waals surface area (Å²) in [5.74, 6) is -0.192. The van der Waals surface area contributed by atoms with Crippen molar-refractivity contribution in [2.24, 2.45) is 0 Å². The average Bonchev–Trinajstić information content (AvgIpc) is 2.78. The zero-order chi connectivity index (χ0) is 22.3. The first-order valence-electron chi connectivity index (χ1n) is 12.0. The third kappa shape index (κ3) is 9.46. The Morgan fingerprint density at radius 3 is 2.16 bits per heavy atom. The topological polar surface area (TPSA) is 63.1 Å². The van der Waals surface area contributed by atoms with Crippen molar-refractivity contribution in [2.45, 2.75) is 90.9 Å². The Labute approximate surface area is 187 Å². The summed E-state index contributed by atoms with van der Waals surface area (Å²) in [5.41, 5.74) is 4.31. The van der Waals surface area contributed by atoms with E-state index in [4.69, 9.17) is 5.11 Å². The third-order valence-corrected chi connectivity index (χ3v) is 5.63. The van der Waals surface area contributed by atoms with Crippen LogP contribution < -0.4 is 0 Å². The lowest BCUT2D eigenvalue weighted by molar-refractivity contribution is -0.131. The summed E-state index contributed by atoms with van der Waals surface area (Å²) in [4.78, 5) is 20.2. The number of carbonyl (C=O) groups is 1. The molecule has 4 nitrogen and oxygen atoms in total. The van der Waals surface area contributed by atoms with Crippen molar-refractivity contribution >= 4 is 12.0 Å². The molecule has 2 aromatic rings. The molecule has 4 heteroatoms. The summed E-state index contributed by atoms with van der Waals surface area (Å²) in [6, 6.07) is 6.11. The van der Waals surface area contributed by atoms with Crippen LogP contribution in [0.25, 0.3) is 17.5 Å². The zero-order valence-corrected chi connectivity index (χ0v) is 19.3. The monoisotopic (exact) mass is 422 g/mol. The molecule has 0 aliphatic heterocycles. The molecule has 0 spiro atoms. The number of carboxylic acids is 1. The van der Waals surface area contributed by atoms with Crippen LogP contribution in [0.2, 0.25) is 0 Å². The number of nitrogens with zero attached hydrogens (tertiary/aromatic N) is 2. The maximum Gasteiger partial charge on any atom is 0.328 e. The van der Waals surface area contributed by atoms with Gasteiger partial charge in [0.15, 0.2) is 5.82 Å². The molecule has 1 aromatic heterocycles. The van der Waals surface area contributed by atoms with Crippen molar-refractivity contribution in [3.05, 3.63) is 53.4 Å². The quantitative estimate of drug-likeness (QED) is 0.242. The Morgan fingerprint density at radius 1 is 0.871 bits per heavy atom. The molecule has 1 N–H and O–H groups in total. The molecule has 168 valence electrons. The number of aryl methyl sites for hydroxylation is 2. The first kappa shape index (κ1) is 24.8. The predicted octanol–water partition coefficient (Wildman–Crippen LogP) is 7.27. The molecule has 0 atom stereocenters. The van der Waals surface area contributed by atoms with Gasteiger partial charge in [-0.25, -0.2) is 14.8 Å². The minimum absolute atomic E-state index is 0.732. The van der Waals surface area contributed by atoms with Crippen LogP contribution >= 0.6 is 0 Å². The van der Waals surface area contributed by atoms with E-state index in [0.717, 1.165) is 41.8 Å². The number of carboxylic acid groups (broad SMARTS) is 1. The summed E-state index contributed by atoms with van der Waals surface area (Å²) < 4.78 is 0. The van der Waals surface area contributed by atoms with E-state index < -0.39 is 5.97 Å². The third-order valence-electron chi connectivity index (χ3n) is 5.63. The SMILES string of the molecule is CCCCCCCCc1cc(-c2ncc(CCCCCC)cn2)ccc1C=CC(=O)O. The number of aliphatic carboxylic acids is 1. The molecule has 0 saturated heterocycles. The number of unbranched alkanes of at least 4 members (excludes halogenated alkanes) is 8. The van der Waals surface area contributed by atoms with E-state index in [1.807, 2.05) is 24.5 Å². The van der Waals surface area contributed by atoms with Gasteiger partial charge in [-0.2, -0.15) is 0 Å². The molecular weight excluding hydrogens is 384 g/mol. The standard InChI is InChI=1S/C27H38N2O2/c1-3-5-7-9-10-12-14-24-19-25(16-15-23(24)17-18-26(30)31)27-28-20-22(21-29-27)13-11-8-6-4-2/h15-21H,3-14H2,1-2H3,(H,30,31). The second-order valence-electron chi connectivity index (χ2n) is 8.33. The minimum atomic E-state index is -0.924. The van der Waals surface area contributed by atoms with Crippen LogP contribution in [0.3, 0.4) is 0 Å². The maximum atomic E-state index is 11.0. The lowest BCUT2D eigenvalue weighted by Crippen LogP contribution is -1.96. The van der Waals surface area contributed by atoms with Gasteiger partial charge >= 0.3 is 5.97 Å². The smallest absolute Gasteiger partial charge is 0.328 e. The second kappa shape index (κ2) is 14.5. The predicted molar refractivity (Wildman–Crippen MR) is 129 cm³/mol. The summed E-state index contributed by atoms with van der Waals surface area (Å²) >= 11 is 0. The zero-order valence-electron chi connectivity index (χ0n) is 19.3. The molecule has 31 heavy (non-hydrogen) atoms. The van der Waals surface area contributed by atoms with Gasteiger partial charge in [0.2, 0.25) is 0 Å². The van der Waals surface area contributed by atoms with Crippen LogP contribution in [0.1, 0.15) is 94.7 Å². The Balaban J connectivity index is 2.07. The van der Waals surface area contributed by atoms with Gasteiger partial charge in [0.25, 0.3) is 0 Å². The fourth-order valence-corrected chi connectivity index (χ4v) is 3.77. The van der Waals surface area contributed by atoms with Crippen molar-refractivity contribution in [1.82, 2.24) is 9.97 Å². The molecule has 0 aliphatic carbocycles. The first-order chi connectivity index (χ1) is 15.1. The molecule has 0 amide bonds. The van der Waals surface area contributed by atoms with E-state index in [0.29, 0.717) is 0 Å². The molecular formula is C27H38N2O2. The summed E-state index contributed by atoms with van der Waals surface area (Å²) in [6.07, 6.45) is 21.1. The van der Waals surface area contributed by atoms with Crippen molar-refractivity contribution in [2.75, 3.05) is 0 Å². The molecule has 0 aliphatic rings. The van der Waals surface area contributed by atoms with Crippen LogP contribution in [0.4, 0.5) is 0 Å². The lowest BCUT2D eigenvalue weighted by Gasteiger charge is -2.10. The van der Waals surface area contributed by atoms with Gasteiger partial charge in [0.1, 0.15) is 0 Å².